The van der Waals surface area contributed by atoms with Crippen LogP contribution in [-0.2, 0) is 16.2 Å². The minimum atomic E-state index is -0.372. The maximum atomic E-state index is 12.0. The van der Waals surface area contributed by atoms with Crippen LogP contribution in [0, 0.1) is 0 Å². The molecule has 0 aliphatic heterocycles. The first-order valence-electron chi connectivity index (χ1n) is 13.6. The van der Waals surface area contributed by atoms with Crippen LogP contribution in [0.4, 0.5) is 0 Å². The number of unbranched alkanes of at least 4 members (excludes halogenated alkanes) is 10. The zero-order valence-corrected chi connectivity index (χ0v) is 22.9. The van der Waals surface area contributed by atoms with Crippen LogP contribution in [0.3, 0.4) is 0 Å². The van der Waals surface area contributed by atoms with Gasteiger partial charge >= 0.3 is 0 Å². The predicted molar refractivity (Wildman–Crippen MR) is 152 cm³/mol. The third-order valence-corrected chi connectivity index (χ3v) is 6.32. The molecule has 0 radical (unpaired) electrons. The number of carbonyl (C=O) groups is 2. The monoisotopic (exact) mass is 527 g/mol. The molecule has 0 aliphatic rings. The summed E-state index contributed by atoms with van der Waals surface area (Å²) in [6, 6.07) is 14.9. The minimum absolute atomic E-state index is 0.0943. The summed E-state index contributed by atoms with van der Waals surface area (Å²) in [4.78, 5) is 24.0. The summed E-state index contributed by atoms with van der Waals surface area (Å²) in [6.45, 7) is 2.54. The lowest BCUT2D eigenvalue weighted by molar-refractivity contribution is -0.126. The molecule has 0 aliphatic carbocycles. The lowest BCUT2D eigenvalue weighted by Gasteiger charge is -2.09. The smallest absolute Gasteiger partial charge is 0.259 e. The molecule has 37 heavy (non-hydrogen) atoms. The molecule has 7 heteroatoms. The molecular weight excluding hydrogens is 486 g/mol. The number of halogens is 1. The van der Waals surface area contributed by atoms with Gasteiger partial charge in [0.05, 0.1) is 12.8 Å². The lowest BCUT2D eigenvalue weighted by atomic mass is 10.1. The Labute approximate surface area is 227 Å². The van der Waals surface area contributed by atoms with Gasteiger partial charge in [-0.25, -0.2) is 5.43 Å². The van der Waals surface area contributed by atoms with Gasteiger partial charge in [0.2, 0.25) is 5.91 Å². The van der Waals surface area contributed by atoms with Crippen LogP contribution in [0.15, 0.2) is 53.6 Å². The Balaban J connectivity index is 1.56. The zero-order chi connectivity index (χ0) is 26.6. The fraction of sp³-hybridized carbons (Fsp3) is 0.500. The van der Waals surface area contributed by atoms with Crippen molar-refractivity contribution in [3.05, 3.63) is 64.7 Å². The molecule has 2 amide bonds. The number of rotatable bonds is 19. The number of nitrogens with zero attached hydrogens (tertiary/aromatic N) is 1. The Morgan fingerprint density at radius 1 is 0.838 bits per heavy atom. The molecular formula is C30H42ClN3O3. The van der Waals surface area contributed by atoms with Crippen LogP contribution in [0.2, 0.25) is 5.02 Å². The van der Waals surface area contributed by atoms with Gasteiger partial charge in [0, 0.05) is 17.0 Å². The van der Waals surface area contributed by atoms with Crippen LogP contribution in [0.5, 0.6) is 5.75 Å². The largest absolute Gasteiger partial charge is 0.488 e. The molecule has 0 bridgehead atoms. The average molecular weight is 528 g/mol. The van der Waals surface area contributed by atoms with Crippen molar-refractivity contribution >= 4 is 29.6 Å². The third kappa shape index (κ3) is 14.5. The Bertz CT molecular complexity index is 947. The van der Waals surface area contributed by atoms with Crippen molar-refractivity contribution in [3.8, 4) is 5.75 Å². The van der Waals surface area contributed by atoms with Gasteiger partial charge in [0.1, 0.15) is 12.4 Å². The van der Waals surface area contributed by atoms with Crippen LogP contribution in [-0.4, -0.2) is 24.6 Å². The molecule has 202 valence electrons. The molecule has 0 saturated carbocycles. The van der Waals surface area contributed by atoms with E-state index in [1.165, 1.54) is 64.0 Å². The molecule has 0 saturated heterocycles. The van der Waals surface area contributed by atoms with Crippen molar-refractivity contribution in [2.45, 2.75) is 90.6 Å². The van der Waals surface area contributed by atoms with E-state index in [1.807, 2.05) is 48.5 Å². The molecule has 2 rings (SSSR count). The quantitative estimate of drug-likeness (QED) is 0.115. The number of hydrogen-bond donors (Lipinski definition) is 2. The summed E-state index contributed by atoms with van der Waals surface area (Å²) < 4.78 is 5.89. The van der Waals surface area contributed by atoms with E-state index in [2.05, 4.69) is 22.8 Å². The highest BCUT2D eigenvalue weighted by Gasteiger charge is 2.06. The predicted octanol–water partition coefficient (Wildman–Crippen LogP) is 7.19. The van der Waals surface area contributed by atoms with Crippen molar-refractivity contribution in [3.63, 3.8) is 0 Å². The van der Waals surface area contributed by atoms with E-state index in [1.54, 1.807) is 0 Å². The van der Waals surface area contributed by atoms with Gasteiger partial charge in [-0.05, 0) is 36.2 Å². The highest BCUT2D eigenvalue weighted by molar-refractivity contribution is 6.30. The Morgan fingerprint density at radius 2 is 1.46 bits per heavy atom. The third-order valence-electron chi connectivity index (χ3n) is 6.07. The highest BCUT2D eigenvalue weighted by atomic mass is 35.5. The van der Waals surface area contributed by atoms with Gasteiger partial charge in [-0.15, -0.1) is 0 Å². The van der Waals surface area contributed by atoms with Crippen molar-refractivity contribution in [2.24, 2.45) is 5.10 Å². The minimum Gasteiger partial charge on any atom is -0.488 e. The molecule has 2 aromatic rings. The average Bonchev–Trinajstić information content (AvgIpc) is 2.91. The molecule has 0 aromatic heterocycles. The number of hydrazone groups is 1. The molecule has 2 aromatic carbocycles. The van der Waals surface area contributed by atoms with Crippen LogP contribution in [0.1, 0.15) is 95.1 Å². The zero-order valence-electron chi connectivity index (χ0n) is 22.1. The molecule has 0 heterocycles. The number of para-hydroxylation sites is 1. The molecule has 0 fully saturated rings. The van der Waals surface area contributed by atoms with Gasteiger partial charge in [-0.2, -0.15) is 5.10 Å². The van der Waals surface area contributed by atoms with E-state index in [0.717, 1.165) is 24.0 Å². The second-order valence-electron chi connectivity index (χ2n) is 9.31. The molecule has 0 spiro atoms. The van der Waals surface area contributed by atoms with Crippen LogP contribution < -0.4 is 15.5 Å². The number of nitrogens with one attached hydrogen (secondary N) is 2. The fourth-order valence-electron chi connectivity index (χ4n) is 3.89. The SMILES string of the molecule is CCCCCCCCCCCCCC(=O)NCC(=O)N/N=C/c1ccccc1OCc1ccc(Cl)cc1. The van der Waals surface area contributed by atoms with Crippen molar-refractivity contribution < 1.29 is 14.3 Å². The number of hydrogen-bond acceptors (Lipinski definition) is 4. The maximum Gasteiger partial charge on any atom is 0.259 e. The fourth-order valence-corrected chi connectivity index (χ4v) is 4.02. The van der Waals surface area contributed by atoms with Gasteiger partial charge in [-0.1, -0.05) is 107 Å². The summed E-state index contributed by atoms with van der Waals surface area (Å²) in [7, 11) is 0. The molecule has 2 N–H and O–H groups in total. The van der Waals surface area contributed by atoms with E-state index in [0.29, 0.717) is 23.8 Å². The summed E-state index contributed by atoms with van der Waals surface area (Å²) in [5, 5.41) is 7.34. The van der Waals surface area contributed by atoms with Crippen LogP contribution >= 0.6 is 11.6 Å². The van der Waals surface area contributed by atoms with Gasteiger partial charge in [0.25, 0.3) is 5.91 Å². The first kappa shape index (κ1) is 30.4. The van der Waals surface area contributed by atoms with Crippen molar-refractivity contribution in [2.75, 3.05) is 6.54 Å². The molecule has 6 nitrogen and oxygen atoms in total. The first-order chi connectivity index (χ1) is 18.1. The van der Waals surface area contributed by atoms with Crippen LogP contribution in [0.25, 0.3) is 0 Å². The van der Waals surface area contributed by atoms with Crippen molar-refractivity contribution in [1.29, 1.82) is 0 Å². The highest BCUT2D eigenvalue weighted by Crippen LogP contribution is 2.18. The Kier molecular flexibility index (Phi) is 15.8. The number of carbonyl (C=O) groups excluding carboxylic acids is 2. The summed E-state index contributed by atoms with van der Waals surface area (Å²) in [6.07, 6.45) is 15.6. The standard InChI is InChI=1S/C30H42ClN3O3/c1-2-3-4-5-6-7-8-9-10-11-12-17-29(35)32-23-30(36)34-33-22-26-15-13-14-16-28(26)37-24-25-18-20-27(31)21-19-25/h13-16,18-22H,2-12,17,23-24H2,1H3,(H,32,35)(H,34,36)/b33-22+. The van der Waals surface area contributed by atoms with E-state index in [9.17, 15) is 9.59 Å². The summed E-state index contributed by atoms with van der Waals surface area (Å²) in [5.74, 6) is 0.176. The maximum absolute atomic E-state index is 12.0. The first-order valence-corrected chi connectivity index (χ1v) is 14.0. The number of benzene rings is 2. The van der Waals surface area contributed by atoms with Gasteiger partial charge in [0.15, 0.2) is 0 Å². The lowest BCUT2D eigenvalue weighted by Crippen LogP contribution is -2.34. The molecule has 0 unspecified atom stereocenters. The molecule has 0 atom stereocenters. The summed E-state index contributed by atoms with van der Waals surface area (Å²) in [5.41, 5.74) is 4.18. The topological polar surface area (TPSA) is 79.8 Å². The van der Waals surface area contributed by atoms with E-state index in [4.69, 9.17) is 16.3 Å². The van der Waals surface area contributed by atoms with E-state index >= 15 is 0 Å². The van der Waals surface area contributed by atoms with Gasteiger partial charge in [-0.3, -0.25) is 9.59 Å². The van der Waals surface area contributed by atoms with Gasteiger partial charge < -0.3 is 10.1 Å². The Hall–Kier alpha value is -2.86. The Morgan fingerprint density at radius 3 is 2.14 bits per heavy atom. The summed E-state index contributed by atoms with van der Waals surface area (Å²) >= 11 is 5.92. The van der Waals surface area contributed by atoms with E-state index in [-0.39, 0.29) is 18.4 Å². The van der Waals surface area contributed by atoms with Crippen molar-refractivity contribution in [1.82, 2.24) is 10.7 Å². The normalized spacial score (nSPS) is 11.0. The second kappa shape index (κ2) is 19.3. The number of amides is 2. The second-order valence-corrected chi connectivity index (χ2v) is 9.74. The van der Waals surface area contributed by atoms with E-state index < -0.39 is 0 Å². The number of ether oxygens (including phenoxy) is 1.